The van der Waals surface area contributed by atoms with Gasteiger partial charge in [0, 0.05) is 12.4 Å². The number of nitrogens with zero attached hydrogens (tertiary/aromatic N) is 3. The predicted octanol–water partition coefficient (Wildman–Crippen LogP) is 0.198. The highest BCUT2D eigenvalue weighted by molar-refractivity contribution is 5.66. The Labute approximate surface area is 98.7 Å². The van der Waals surface area contributed by atoms with Gasteiger partial charge in [0.1, 0.15) is 0 Å². The van der Waals surface area contributed by atoms with Crippen LogP contribution in [0.4, 0.5) is 11.6 Å². The Morgan fingerprint density at radius 2 is 2.29 bits per heavy atom. The van der Waals surface area contributed by atoms with Gasteiger partial charge >= 0.3 is 0 Å². The lowest BCUT2D eigenvalue weighted by Crippen LogP contribution is -2.35. The third-order valence-electron chi connectivity index (χ3n) is 2.37. The summed E-state index contributed by atoms with van der Waals surface area (Å²) < 4.78 is 1.80. The molecular weight excluding hydrogens is 220 g/mol. The van der Waals surface area contributed by atoms with Crippen molar-refractivity contribution in [2.75, 3.05) is 17.3 Å². The van der Waals surface area contributed by atoms with E-state index in [0.29, 0.717) is 17.3 Å². The third-order valence-corrected chi connectivity index (χ3v) is 2.37. The number of aliphatic hydroxyl groups excluding tert-OH is 1. The molecule has 0 aliphatic rings. The Hall–Kier alpha value is -1.86. The van der Waals surface area contributed by atoms with Gasteiger partial charge in [-0.3, -0.25) is 0 Å². The molecule has 0 saturated carbocycles. The van der Waals surface area contributed by atoms with Gasteiger partial charge in [0.15, 0.2) is 17.3 Å². The van der Waals surface area contributed by atoms with E-state index in [9.17, 15) is 5.11 Å². The first-order valence-corrected chi connectivity index (χ1v) is 5.25. The van der Waals surface area contributed by atoms with Crippen LogP contribution in [0.5, 0.6) is 0 Å². The van der Waals surface area contributed by atoms with Gasteiger partial charge in [-0.2, -0.15) is 0 Å². The van der Waals surface area contributed by atoms with Gasteiger partial charge in [-0.15, -0.1) is 0 Å². The minimum atomic E-state index is -0.480. The smallest absolute Gasteiger partial charge is 0.180 e. The molecule has 0 saturated heterocycles. The molecule has 5 N–H and O–H groups in total. The second-order valence-electron chi connectivity index (χ2n) is 4.44. The van der Waals surface area contributed by atoms with Crippen LogP contribution in [0.1, 0.15) is 13.8 Å². The van der Waals surface area contributed by atoms with Gasteiger partial charge in [-0.1, -0.05) is 0 Å². The summed E-state index contributed by atoms with van der Waals surface area (Å²) >= 11 is 0. The van der Waals surface area contributed by atoms with Crippen molar-refractivity contribution >= 4 is 17.3 Å². The molecule has 0 atom stereocenters. The number of hydrogen-bond donors (Lipinski definition) is 4. The van der Waals surface area contributed by atoms with Crippen molar-refractivity contribution in [3.63, 3.8) is 0 Å². The van der Waals surface area contributed by atoms with Gasteiger partial charge in [0.25, 0.3) is 0 Å². The molecule has 0 fully saturated rings. The molecule has 2 heterocycles. The zero-order chi connectivity index (χ0) is 12.5. The third kappa shape index (κ3) is 2.29. The highest BCUT2D eigenvalue weighted by Crippen LogP contribution is 2.19. The van der Waals surface area contributed by atoms with Crippen LogP contribution in [0.2, 0.25) is 0 Å². The van der Waals surface area contributed by atoms with E-state index in [2.05, 4.69) is 20.7 Å². The summed E-state index contributed by atoms with van der Waals surface area (Å²) in [5, 5.41) is 12.4. The molecule has 0 amide bonds. The van der Waals surface area contributed by atoms with Gasteiger partial charge in [-0.05, 0) is 13.8 Å². The lowest BCUT2D eigenvalue weighted by Gasteiger charge is -2.24. The molecule has 0 aliphatic carbocycles. The lowest BCUT2D eigenvalue weighted by molar-refractivity contribution is 0.234. The molecule has 2 rings (SSSR count). The lowest BCUT2D eigenvalue weighted by atomic mass is 10.1. The number of aromatic nitrogens is 3. The first-order valence-electron chi connectivity index (χ1n) is 5.25. The van der Waals surface area contributed by atoms with Crippen LogP contribution in [0, 0.1) is 0 Å². The van der Waals surface area contributed by atoms with E-state index in [4.69, 9.17) is 5.84 Å². The maximum absolute atomic E-state index is 9.25. The maximum Gasteiger partial charge on any atom is 0.180 e. The van der Waals surface area contributed by atoms with E-state index in [0.717, 1.165) is 0 Å². The molecule has 0 radical (unpaired) electrons. The Balaban J connectivity index is 2.47. The first-order chi connectivity index (χ1) is 8.05. The number of hydrogen-bond acceptors (Lipinski definition) is 6. The molecule has 2 aromatic rings. The largest absolute Gasteiger partial charge is 0.394 e. The van der Waals surface area contributed by atoms with Gasteiger partial charge in [0.05, 0.1) is 18.3 Å². The van der Waals surface area contributed by atoms with E-state index in [1.54, 1.807) is 23.0 Å². The van der Waals surface area contributed by atoms with Crippen molar-refractivity contribution in [3.05, 3.63) is 18.6 Å². The molecular formula is C10H16N6O. The van der Waals surface area contributed by atoms with E-state index < -0.39 is 5.54 Å². The minimum Gasteiger partial charge on any atom is -0.394 e. The number of aliphatic hydroxyl groups is 1. The fourth-order valence-electron chi connectivity index (χ4n) is 1.45. The Morgan fingerprint density at radius 3 is 2.94 bits per heavy atom. The normalized spacial score (nSPS) is 11.8. The topological polar surface area (TPSA) is 100 Å². The summed E-state index contributed by atoms with van der Waals surface area (Å²) in [4.78, 5) is 8.48. The Bertz CT molecular complexity index is 520. The minimum absolute atomic E-state index is 0.0121. The number of rotatable bonds is 4. The summed E-state index contributed by atoms with van der Waals surface area (Å²) in [7, 11) is 0. The van der Waals surface area contributed by atoms with Crippen LogP contribution in [0.25, 0.3) is 5.65 Å². The van der Waals surface area contributed by atoms with Crippen LogP contribution in [-0.4, -0.2) is 31.6 Å². The number of anilines is 2. The van der Waals surface area contributed by atoms with E-state index in [1.807, 2.05) is 13.8 Å². The van der Waals surface area contributed by atoms with E-state index in [1.165, 1.54) is 0 Å². The van der Waals surface area contributed by atoms with Crippen molar-refractivity contribution in [3.8, 4) is 0 Å². The maximum atomic E-state index is 9.25. The van der Waals surface area contributed by atoms with Crippen LogP contribution >= 0.6 is 0 Å². The summed E-state index contributed by atoms with van der Waals surface area (Å²) in [6, 6.07) is 0. The molecule has 7 heteroatoms. The van der Waals surface area contributed by atoms with E-state index in [-0.39, 0.29) is 6.61 Å². The number of imidazole rings is 1. The summed E-state index contributed by atoms with van der Waals surface area (Å²) in [6.07, 6.45) is 5.21. The second-order valence-corrected chi connectivity index (χ2v) is 4.44. The summed E-state index contributed by atoms with van der Waals surface area (Å²) in [6.45, 7) is 3.73. The van der Waals surface area contributed by atoms with Crippen LogP contribution in [0.15, 0.2) is 18.6 Å². The zero-order valence-corrected chi connectivity index (χ0v) is 9.81. The second kappa shape index (κ2) is 4.19. The summed E-state index contributed by atoms with van der Waals surface area (Å²) in [5.41, 5.74) is 2.70. The van der Waals surface area contributed by atoms with Crippen molar-refractivity contribution in [1.82, 2.24) is 14.4 Å². The molecule has 92 valence electrons. The van der Waals surface area contributed by atoms with E-state index >= 15 is 0 Å². The quantitative estimate of drug-likeness (QED) is 0.447. The SMILES string of the molecule is CC(C)(CO)Nc1nc(NN)cn2ccnc12. The number of nitrogen functional groups attached to an aromatic ring is 1. The molecule has 0 aliphatic heterocycles. The van der Waals surface area contributed by atoms with Gasteiger partial charge < -0.3 is 20.2 Å². The van der Waals surface area contributed by atoms with Crippen LogP contribution in [-0.2, 0) is 0 Å². The van der Waals surface area contributed by atoms with Crippen molar-refractivity contribution in [2.24, 2.45) is 5.84 Å². The average molecular weight is 236 g/mol. The molecule has 2 aromatic heterocycles. The fraction of sp³-hybridized carbons (Fsp3) is 0.400. The van der Waals surface area contributed by atoms with Gasteiger partial charge in [0.2, 0.25) is 0 Å². The monoisotopic (exact) mass is 236 g/mol. The molecule has 0 unspecified atom stereocenters. The average Bonchev–Trinajstić information content (AvgIpc) is 2.76. The molecule has 0 bridgehead atoms. The predicted molar refractivity (Wildman–Crippen MR) is 65.6 cm³/mol. The van der Waals surface area contributed by atoms with Crippen molar-refractivity contribution in [2.45, 2.75) is 19.4 Å². The molecule has 7 nitrogen and oxygen atoms in total. The number of hydrazine groups is 1. The van der Waals surface area contributed by atoms with Gasteiger partial charge in [-0.25, -0.2) is 15.8 Å². The van der Waals surface area contributed by atoms with Crippen molar-refractivity contribution in [1.29, 1.82) is 0 Å². The molecule has 0 aromatic carbocycles. The standard InChI is InChI=1S/C10H16N6O/c1-10(2,6-17)14-8-9-12-3-4-16(9)5-7(13-8)15-11/h3-5,15,17H,6,11H2,1-2H3,(H,13,14). The summed E-state index contributed by atoms with van der Waals surface area (Å²) in [5.74, 6) is 6.45. The van der Waals surface area contributed by atoms with Crippen LogP contribution < -0.4 is 16.6 Å². The zero-order valence-electron chi connectivity index (χ0n) is 9.81. The molecule has 0 spiro atoms. The Morgan fingerprint density at radius 1 is 1.53 bits per heavy atom. The number of nitrogens with two attached hydrogens (primary N) is 1. The highest BCUT2D eigenvalue weighted by atomic mass is 16.3. The molecule has 17 heavy (non-hydrogen) atoms. The van der Waals surface area contributed by atoms with Crippen LogP contribution in [0.3, 0.4) is 0 Å². The Kier molecular flexibility index (Phi) is 2.86. The highest BCUT2D eigenvalue weighted by Gasteiger charge is 2.19. The number of nitrogens with one attached hydrogen (secondary N) is 2. The fourth-order valence-corrected chi connectivity index (χ4v) is 1.45. The van der Waals surface area contributed by atoms with Crippen molar-refractivity contribution < 1.29 is 5.11 Å². The first kappa shape index (κ1) is 11.6. The number of fused-ring (bicyclic) bond motifs is 1.